The lowest BCUT2D eigenvalue weighted by Gasteiger charge is -2.16. The van der Waals surface area contributed by atoms with Crippen LogP contribution in [0.4, 0.5) is 0 Å². The molecule has 2 N–H and O–H groups in total. The monoisotopic (exact) mass is 513 g/mol. The maximum Gasteiger partial charge on any atom is 0.344 e. The van der Waals surface area contributed by atoms with Crippen molar-refractivity contribution in [2.24, 2.45) is 0 Å². The van der Waals surface area contributed by atoms with Crippen molar-refractivity contribution in [3.8, 4) is 5.75 Å². The summed E-state index contributed by atoms with van der Waals surface area (Å²) < 4.78 is 7.66. The summed E-state index contributed by atoms with van der Waals surface area (Å²) in [5.74, 6) is -0.304. The summed E-state index contributed by atoms with van der Waals surface area (Å²) in [5.41, 5.74) is 7.04. The van der Waals surface area contributed by atoms with Gasteiger partial charge in [-0.1, -0.05) is 38.1 Å². The number of nitrogens with zero attached hydrogens (tertiary/aromatic N) is 2. The normalized spacial score (nSPS) is 12.9. The van der Waals surface area contributed by atoms with Gasteiger partial charge in [-0.25, -0.2) is 4.79 Å². The summed E-state index contributed by atoms with van der Waals surface area (Å²) in [6.45, 7) is 12.5. The Labute approximate surface area is 223 Å². The molecule has 0 saturated carbocycles. The Kier molecular flexibility index (Phi) is 7.86. The van der Waals surface area contributed by atoms with Crippen LogP contribution in [0.1, 0.15) is 78.0 Å². The number of rotatable bonds is 9. The third-order valence-electron chi connectivity index (χ3n) is 7.10. The van der Waals surface area contributed by atoms with Crippen LogP contribution >= 0.6 is 0 Å². The summed E-state index contributed by atoms with van der Waals surface area (Å²) in [6.07, 6.45) is 2.30. The van der Waals surface area contributed by atoms with Gasteiger partial charge in [-0.2, -0.15) is 0 Å². The molecule has 0 unspecified atom stereocenters. The van der Waals surface area contributed by atoms with E-state index in [0.29, 0.717) is 23.8 Å². The topological polar surface area (TPSA) is 93.5 Å². The lowest BCUT2D eigenvalue weighted by Crippen LogP contribution is -2.26. The number of carboxylic acid groups (broad SMARTS) is 1. The number of benzene rings is 2. The van der Waals surface area contributed by atoms with Crippen molar-refractivity contribution in [1.82, 2.24) is 14.9 Å². The number of nitrogens with one attached hydrogen (secondary N) is 1. The summed E-state index contributed by atoms with van der Waals surface area (Å²) in [4.78, 5) is 28.5. The number of hydrogen-bond acceptors (Lipinski definition) is 4. The van der Waals surface area contributed by atoms with Crippen LogP contribution in [-0.2, 0) is 11.3 Å². The van der Waals surface area contributed by atoms with E-state index in [1.807, 2.05) is 43.3 Å². The van der Waals surface area contributed by atoms with Crippen molar-refractivity contribution in [2.45, 2.75) is 66.2 Å². The molecule has 2 aromatic heterocycles. The number of carboxylic acids is 1. The molecule has 198 valence electrons. The molecule has 2 heterocycles. The van der Waals surface area contributed by atoms with Crippen LogP contribution in [0.5, 0.6) is 5.75 Å². The number of carbonyl (C=O) groups excluding carboxylic acids is 1. The first-order valence-corrected chi connectivity index (χ1v) is 12.9. The van der Waals surface area contributed by atoms with Crippen molar-refractivity contribution in [3.05, 3.63) is 94.4 Å². The molecule has 0 aliphatic heterocycles. The fraction of sp³-hybridized carbons (Fsp3) is 0.323. The standard InChI is InChI=1S/C31H35N3O4/c1-18(2)24-8-7-9-25(13-24)20(4)33-30(35)26-10-11-29-28(14-26)19(3)21(5)34(29)17-23-12-27(16-32-15-23)38-22(6)31(36)37/h7-16,18,20,22H,17H2,1-6H3,(H,33,35)(H,36,37)/t20-,22-/m0/s1. The molecule has 0 aliphatic carbocycles. The molecule has 2 aromatic carbocycles. The van der Waals surface area contributed by atoms with E-state index >= 15 is 0 Å². The fourth-order valence-corrected chi connectivity index (χ4v) is 4.60. The second kappa shape index (κ2) is 11.1. The van der Waals surface area contributed by atoms with Gasteiger partial charge in [-0.3, -0.25) is 9.78 Å². The van der Waals surface area contributed by atoms with E-state index in [1.165, 1.54) is 18.7 Å². The van der Waals surface area contributed by atoms with Crippen LogP contribution in [0, 0.1) is 13.8 Å². The van der Waals surface area contributed by atoms with Crippen molar-refractivity contribution < 1.29 is 19.4 Å². The molecule has 7 nitrogen and oxygen atoms in total. The fourth-order valence-electron chi connectivity index (χ4n) is 4.60. The Morgan fingerprint density at radius 2 is 1.74 bits per heavy atom. The summed E-state index contributed by atoms with van der Waals surface area (Å²) in [5, 5.41) is 13.3. The van der Waals surface area contributed by atoms with Gasteiger partial charge in [-0.15, -0.1) is 0 Å². The molecule has 0 radical (unpaired) electrons. The zero-order valence-corrected chi connectivity index (χ0v) is 22.8. The van der Waals surface area contributed by atoms with E-state index in [1.54, 1.807) is 6.20 Å². The largest absolute Gasteiger partial charge is 0.479 e. The van der Waals surface area contributed by atoms with Crippen LogP contribution < -0.4 is 10.1 Å². The van der Waals surface area contributed by atoms with Crippen LogP contribution in [0.25, 0.3) is 10.9 Å². The van der Waals surface area contributed by atoms with E-state index < -0.39 is 12.1 Å². The zero-order chi connectivity index (χ0) is 27.6. The van der Waals surface area contributed by atoms with E-state index in [9.17, 15) is 9.59 Å². The second-order valence-corrected chi connectivity index (χ2v) is 10.2. The minimum atomic E-state index is -1.03. The molecule has 7 heteroatoms. The number of aliphatic carboxylic acids is 1. The van der Waals surface area contributed by atoms with Gasteiger partial charge in [0.15, 0.2) is 6.10 Å². The number of hydrogen-bond donors (Lipinski definition) is 2. The summed E-state index contributed by atoms with van der Waals surface area (Å²) in [6, 6.07) is 15.8. The summed E-state index contributed by atoms with van der Waals surface area (Å²) in [7, 11) is 0. The van der Waals surface area contributed by atoms with Gasteiger partial charge in [0.1, 0.15) is 5.75 Å². The van der Waals surface area contributed by atoms with Gasteiger partial charge in [0.25, 0.3) is 5.91 Å². The second-order valence-electron chi connectivity index (χ2n) is 10.2. The number of carbonyl (C=O) groups is 2. The minimum absolute atomic E-state index is 0.110. The van der Waals surface area contributed by atoms with Crippen LogP contribution in [-0.4, -0.2) is 32.6 Å². The smallest absolute Gasteiger partial charge is 0.344 e. The molecular formula is C31H35N3O4. The highest BCUT2D eigenvalue weighted by Crippen LogP contribution is 2.28. The molecule has 38 heavy (non-hydrogen) atoms. The summed E-state index contributed by atoms with van der Waals surface area (Å²) >= 11 is 0. The molecule has 4 rings (SSSR count). The first-order valence-electron chi connectivity index (χ1n) is 12.9. The number of fused-ring (bicyclic) bond motifs is 1. The van der Waals surface area contributed by atoms with E-state index in [2.05, 4.69) is 54.7 Å². The highest BCUT2D eigenvalue weighted by Gasteiger charge is 2.17. The Morgan fingerprint density at radius 1 is 1.00 bits per heavy atom. The van der Waals surface area contributed by atoms with Gasteiger partial charge in [0, 0.05) is 34.9 Å². The Balaban J connectivity index is 1.56. The van der Waals surface area contributed by atoms with Crippen molar-refractivity contribution in [2.75, 3.05) is 0 Å². The number of ether oxygens (including phenoxy) is 1. The van der Waals surface area contributed by atoms with Gasteiger partial charge < -0.3 is 19.7 Å². The molecule has 0 spiro atoms. The van der Waals surface area contributed by atoms with Crippen LogP contribution in [0.15, 0.2) is 60.9 Å². The average Bonchev–Trinajstić information content (AvgIpc) is 3.13. The number of aryl methyl sites for hydroxylation is 1. The zero-order valence-electron chi connectivity index (χ0n) is 22.8. The Morgan fingerprint density at radius 3 is 2.45 bits per heavy atom. The van der Waals surface area contributed by atoms with Gasteiger partial charge >= 0.3 is 5.97 Å². The first-order chi connectivity index (χ1) is 18.0. The lowest BCUT2D eigenvalue weighted by molar-refractivity contribution is -0.144. The Hall–Kier alpha value is -4.13. The highest BCUT2D eigenvalue weighted by atomic mass is 16.5. The number of aromatic nitrogens is 2. The molecule has 0 fully saturated rings. The molecule has 0 bridgehead atoms. The number of pyridine rings is 1. The third-order valence-corrected chi connectivity index (χ3v) is 7.10. The lowest BCUT2D eigenvalue weighted by atomic mass is 9.98. The van der Waals surface area contributed by atoms with Crippen molar-refractivity contribution in [3.63, 3.8) is 0 Å². The first kappa shape index (κ1) is 26.9. The molecule has 4 aromatic rings. The van der Waals surface area contributed by atoms with Gasteiger partial charge in [-0.05, 0) is 80.1 Å². The maximum atomic E-state index is 13.2. The molecule has 1 amide bonds. The van der Waals surface area contributed by atoms with Gasteiger partial charge in [0.05, 0.1) is 12.2 Å². The van der Waals surface area contributed by atoms with Crippen LogP contribution in [0.3, 0.4) is 0 Å². The van der Waals surface area contributed by atoms with Crippen LogP contribution in [0.2, 0.25) is 0 Å². The van der Waals surface area contributed by atoms with E-state index in [0.717, 1.165) is 33.3 Å². The van der Waals surface area contributed by atoms with Crippen molar-refractivity contribution in [1.29, 1.82) is 0 Å². The molecule has 0 aliphatic rings. The predicted octanol–water partition coefficient (Wildman–Crippen LogP) is 6.17. The molecule has 2 atom stereocenters. The molecule has 0 saturated heterocycles. The quantitative estimate of drug-likeness (QED) is 0.279. The maximum absolute atomic E-state index is 13.2. The highest BCUT2D eigenvalue weighted by molar-refractivity contribution is 5.99. The van der Waals surface area contributed by atoms with Crippen molar-refractivity contribution >= 4 is 22.8 Å². The third kappa shape index (κ3) is 5.72. The average molecular weight is 514 g/mol. The molecular weight excluding hydrogens is 478 g/mol. The van der Waals surface area contributed by atoms with E-state index in [-0.39, 0.29) is 11.9 Å². The van der Waals surface area contributed by atoms with E-state index in [4.69, 9.17) is 9.84 Å². The van der Waals surface area contributed by atoms with Gasteiger partial charge in [0.2, 0.25) is 0 Å². The minimum Gasteiger partial charge on any atom is -0.479 e. The Bertz CT molecular complexity index is 1490. The predicted molar refractivity (Wildman–Crippen MR) is 149 cm³/mol. The number of amides is 1. The SMILES string of the molecule is Cc1c(C)n(Cc2cncc(O[C@@H](C)C(=O)O)c2)c2ccc(C(=O)N[C@@H](C)c3cccc(C(C)C)c3)cc12.